The lowest BCUT2D eigenvalue weighted by Crippen LogP contribution is -2.43. The molecule has 3 N–H and O–H groups in total. The third-order valence-corrected chi connectivity index (χ3v) is 5.24. The number of halogens is 3. The lowest BCUT2D eigenvalue weighted by atomic mass is 9.85. The van der Waals surface area contributed by atoms with Crippen LogP contribution in [0.1, 0.15) is 25.3 Å². The van der Waals surface area contributed by atoms with Gasteiger partial charge in [-0.3, -0.25) is 9.78 Å². The van der Waals surface area contributed by atoms with Crippen molar-refractivity contribution in [3.05, 3.63) is 36.0 Å². The van der Waals surface area contributed by atoms with E-state index in [1.807, 2.05) is 4.90 Å². The minimum Gasteiger partial charge on any atom is -0.394 e. The van der Waals surface area contributed by atoms with Crippen LogP contribution in [0.2, 0.25) is 0 Å². The van der Waals surface area contributed by atoms with Crippen LogP contribution >= 0.6 is 0 Å². The molecule has 28 heavy (non-hydrogen) atoms. The first-order valence-corrected chi connectivity index (χ1v) is 9.29. The zero-order valence-corrected chi connectivity index (χ0v) is 15.6. The smallest absolute Gasteiger partial charge is 0.394 e. The maximum atomic E-state index is 13.3. The molecule has 1 aliphatic heterocycles. The summed E-state index contributed by atoms with van der Waals surface area (Å²) in [5.74, 6) is 0.106. The Balaban J connectivity index is 1.92. The number of fused-ring (bicyclic) bond motifs is 1. The maximum absolute atomic E-state index is 13.3. The van der Waals surface area contributed by atoms with E-state index in [1.165, 1.54) is 12.3 Å². The molecule has 0 saturated carbocycles. The molecule has 0 unspecified atom stereocenters. The van der Waals surface area contributed by atoms with E-state index in [9.17, 15) is 18.0 Å². The summed E-state index contributed by atoms with van der Waals surface area (Å²) in [4.78, 5) is 18.1. The highest BCUT2D eigenvalue weighted by atomic mass is 19.4. The van der Waals surface area contributed by atoms with Gasteiger partial charge < -0.3 is 15.7 Å². The molecule has 1 fully saturated rings. The molecular weight excluding hydrogens is 371 g/mol. The Morgan fingerprint density at radius 3 is 2.79 bits per heavy atom. The second-order valence-electron chi connectivity index (χ2n) is 7.60. The van der Waals surface area contributed by atoms with E-state index in [1.54, 1.807) is 12.1 Å². The van der Waals surface area contributed by atoms with E-state index in [0.717, 1.165) is 12.5 Å². The third kappa shape index (κ3) is 4.28. The number of hydrogen-bond acceptors (Lipinski definition) is 5. The Labute approximate surface area is 161 Å². The van der Waals surface area contributed by atoms with Crippen molar-refractivity contribution in [2.75, 3.05) is 24.6 Å². The molecule has 8 heteroatoms. The first-order chi connectivity index (χ1) is 13.2. The van der Waals surface area contributed by atoms with Crippen molar-refractivity contribution in [2.24, 2.45) is 17.6 Å². The van der Waals surface area contributed by atoms with E-state index < -0.39 is 17.8 Å². The topological polar surface area (TPSA) is 79.5 Å². The molecule has 0 radical (unpaired) electrons. The van der Waals surface area contributed by atoms with Gasteiger partial charge in [-0.05, 0) is 42.5 Å². The minimum atomic E-state index is -4.48. The molecule has 3 atom stereocenters. The van der Waals surface area contributed by atoms with Crippen LogP contribution in [0.5, 0.6) is 0 Å². The van der Waals surface area contributed by atoms with Crippen molar-refractivity contribution >= 4 is 22.4 Å². The van der Waals surface area contributed by atoms with Crippen LogP contribution in [0.4, 0.5) is 18.9 Å². The molecule has 0 bridgehead atoms. The Morgan fingerprint density at radius 1 is 1.36 bits per heavy atom. The van der Waals surface area contributed by atoms with Gasteiger partial charge >= 0.3 is 6.18 Å². The molecule has 2 aromatic rings. The summed E-state index contributed by atoms with van der Waals surface area (Å²) in [6.45, 7) is 2.90. The fourth-order valence-corrected chi connectivity index (χ4v) is 4.02. The first kappa shape index (κ1) is 20.5. The van der Waals surface area contributed by atoms with Crippen molar-refractivity contribution in [2.45, 2.75) is 32.0 Å². The van der Waals surface area contributed by atoms with Crippen molar-refractivity contribution in [1.29, 1.82) is 0 Å². The normalized spacial score (nSPS) is 21.7. The number of carbonyl (C=O) groups is 1. The number of alkyl halides is 3. The molecular formula is C20H24F3N3O2. The maximum Gasteiger partial charge on any atom is 0.418 e. The number of nitrogens with zero attached hydrogens (tertiary/aromatic N) is 2. The number of benzene rings is 1. The Morgan fingerprint density at radius 2 is 2.11 bits per heavy atom. The Bertz CT molecular complexity index is 856. The number of carbonyl (C=O) groups excluding carboxylic acids is 1. The minimum absolute atomic E-state index is 0.0304. The Hall–Kier alpha value is -2.19. The van der Waals surface area contributed by atoms with Crippen LogP contribution in [-0.4, -0.2) is 41.6 Å². The fraction of sp³-hybridized carbons (Fsp3) is 0.500. The van der Waals surface area contributed by atoms with Crippen LogP contribution in [0, 0.1) is 11.8 Å². The summed E-state index contributed by atoms with van der Waals surface area (Å²) in [6, 6.07) is 4.95. The number of rotatable bonds is 5. The molecule has 5 nitrogen and oxygen atoms in total. The largest absolute Gasteiger partial charge is 0.418 e. The van der Waals surface area contributed by atoms with Crippen LogP contribution in [-0.2, 0) is 11.0 Å². The van der Waals surface area contributed by atoms with Crippen LogP contribution in [0.15, 0.2) is 30.5 Å². The number of pyridine rings is 1. The summed E-state index contributed by atoms with van der Waals surface area (Å²) >= 11 is 0. The highest BCUT2D eigenvalue weighted by Crippen LogP contribution is 2.39. The molecule has 0 spiro atoms. The van der Waals surface area contributed by atoms with Gasteiger partial charge in [-0.1, -0.05) is 6.92 Å². The van der Waals surface area contributed by atoms with Gasteiger partial charge in [-0.25, -0.2) is 0 Å². The first-order valence-electron chi connectivity index (χ1n) is 9.29. The van der Waals surface area contributed by atoms with Crippen molar-refractivity contribution in [3.63, 3.8) is 0 Å². The van der Waals surface area contributed by atoms with Crippen molar-refractivity contribution in [1.82, 2.24) is 4.98 Å². The number of nitrogens with two attached hydrogens (primary N) is 1. The number of anilines is 1. The van der Waals surface area contributed by atoms with E-state index in [4.69, 9.17) is 10.8 Å². The van der Waals surface area contributed by atoms with Crippen LogP contribution in [0.3, 0.4) is 0 Å². The van der Waals surface area contributed by atoms with E-state index in [0.29, 0.717) is 24.2 Å². The van der Waals surface area contributed by atoms with Gasteiger partial charge in [0.1, 0.15) is 0 Å². The SMILES string of the molecule is C[C@H]1C[C@@H](CC(=O)[C@H](N)CO)CN(c2ccc(C(F)(F)F)c3ncccc23)C1. The average Bonchev–Trinajstić information content (AvgIpc) is 2.65. The van der Waals surface area contributed by atoms with Crippen LogP contribution in [0.25, 0.3) is 10.9 Å². The van der Waals surface area contributed by atoms with Crippen LogP contribution < -0.4 is 10.6 Å². The number of aliphatic hydroxyl groups is 1. The number of ketones is 1. The van der Waals surface area contributed by atoms with Gasteiger partial charge in [-0.2, -0.15) is 13.2 Å². The van der Waals surface area contributed by atoms with E-state index in [-0.39, 0.29) is 36.2 Å². The highest BCUT2D eigenvalue weighted by Gasteiger charge is 2.35. The average molecular weight is 395 g/mol. The quantitative estimate of drug-likeness (QED) is 0.814. The monoisotopic (exact) mass is 395 g/mol. The zero-order valence-electron chi connectivity index (χ0n) is 15.6. The van der Waals surface area contributed by atoms with E-state index in [2.05, 4.69) is 11.9 Å². The number of Topliss-reactive ketones (excluding diaryl/α,β-unsaturated/α-hetero) is 1. The highest BCUT2D eigenvalue weighted by molar-refractivity contribution is 5.94. The lowest BCUT2D eigenvalue weighted by Gasteiger charge is -2.38. The lowest BCUT2D eigenvalue weighted by molar-refractivity contribution is -0.136. The summed E-state index contributed by atoms with van der Waals surface area (Å²) in [5, 5.41) is 9.52. The number of aromatic nitrogens is 1. The molecule has 1 aliphatic rings. The standard InChI is InChI=1S/C20H24F3N3O2/c1-12-7-13(8-18(28)16(24)11-27)10-26(9-12)17-5-4-15(20(21,22)23)19-14(17)3-2-6-25-19/h2-6,12-13,16,27H,7-11,24H2,1H3/t12-,13-,16+/m0/s1. The second kappa shape index (κ2) is 8.05. The molecule has 2 heterocycles. The molecule has 1 saturated heterocycles. The summed E-state index contributed by atoms with van der Waals surface area (Å²) in [5.41, 5.74) is 5.48. The van der Waals surface area contributed by atoms with E-state index >= 15 is 0 Å². The molecule has 1 aromatic heterocycles. The predicted octanol–water partition coefficient (Wildman–Crippen LogP) is 2.99. The molecule has 1 aromatic carbocycles. The zero-order chi connectivity index (χ0) is 20.5. The second-order valence-corrected chi connectivity index (χ2v) is 7.60. The number of hydrogen-bond donors (Lipinski definition) is 2. The molecule has 3 rings (SSSR count). The summed E-state index contributed by atoms with van der Waals surface area (Å²) < 4.78 is 40.0. The van der Waals surface area contributed by atoms with Gasteiger partial charge in [0, 0.05) is 36.8 Å². The predicted molar refractivity (Wildman–Crippen MR) is 101 cm³/mol. The van der Waals surface area contributed by atoms with Crippen molar-refractivity contribution in [3.8, 4) is 0 Å². The number of aliphatic hydroxyl groups excluding tert-OH is 1. The van der Waals surface area contributed by atoms with Gasteiger partial charge in [0.15, 0.2) is 5.78 Å². The molecule has 152 valence electrons. The van der Waals surface area contributed by atoms with Gasteiger partial charge in [-0.15, -0.1) is 0 Å². The summed E-state index contributed by atoms with van der Waals surface area (Å²) in [7, 11) is 0. The number of piperidine rings is 1. The van der Waals surface area contributed by atoms with Gasteiger partial charge in [0.2, 0.25) is 0 Å². The summed E-state index contributed by atoms with van der Waals surface area (Å²) in [6.07, 6.45) is -2.04. The van der Waals surface area contributed by atoms with Crippen molar-refractivity contribution < 1.29 is 23.1 Å². The Kier molecular flexibility index (Phi) is 5.90. The third-order valence-electron chi connectivity index (χ3n) is 5.24. The molecule has 0 aliphatic carbocycles. The molecule has 0 amide bonds. The van der Waals surface area contributed by atoms with Gasteiger partial charge in [0.25, 0.3) is 0 Å². The fourth-order valence-electron chi connectivity index (χ4n) is 4.02. The van der Waals surface area contributed by atoms with Gasteiger partial charge in [0.05, 0.1) is 23.7 Å².